The standard InChI is InChI=1S/C19H20Cl2N2.ClH/c20-16-9-5-14(6-10-16)19(15-7-11-17(21)12-8-15)23-18-4-2-1-3-13-22-18;/h5-12,19H,1-4,13H2,(H,22,23);1H. The van der Waals surface area contributed by atoms with Gasteiger partial charge >= 0.3 is 0 Å². The lowest BCUT2D eigenvalue weighted by Crippen LogP contribution is -2.29. The average molecular weight is 384 g/mol. The predicted molar refractivity (Wildman–Crippen MR) is 106 cm³/mol. The van der Waals surface area contributed by atoms with Crippen LogP contribution >= 0.6 is 35.6 Å². The van der Waals surface area contributed by atoms with E-state index in [1.807, 2.05) is 24.3 Å². The Labute approximate surface area is 159 Å². The summed E-state index contributed by atoms with van der Waals surface area (Å²) in [5.74, 6) is 1.09. The second-order valence-corrected chi connectivity index (χ2v) is 6.69. The van der Waals surface area contributed by atoms with E-state index >= 15 is 0 Å². The van der Waals surface area contributed by atoms with E-state index in [0.717, 1.165) is 28.8 Å². The Morgan fingerprint density at radius 3 is 1.88 bits per heavy atom. The summed E-state index contributed by atoms with van der Waals surface area (Å²) in [5.41, 5.74) is 2.34. The Bertz CT molecular complexity index is 621. The Morgan fingerprint density at radius 1 is 0.792 bits per heavy atom. The molecule has 0 radical (unpaired) electrons. The molecule has 1 aliphatic rings. The first kappa shape index (κ1) is 19.1. The monoisotopic (exact) mass is 382 g/mol. The molecule has 0 aromatic heterocycles. The van der Waals surface area contributed by atoms with Crippen molar-refractivity contribution < 1.29 is 0 Å². The van der Waals surface area contributed by atoms with Gasteiger partial charge in [-0.3, -0.25) is 4.99 Å². The van der Waals surface area contributed by atoms with Crippen LogP contribution in [-0.2, 0) is 0 Å². The Balaban J connectivity index is 0.00000208. The van der Waals surface area contributed by atoms with Gasteiger partial charge < -0.3 is 5.32 Å². The fourth-order valence-electron chi connectivity index (χ4n) is 2.83. The fourth-order valence-corrected chi connectivity index (χ4v) is 3.08. The number of amidine groups is 1. The number of hydrogen-bond donors (Lipinski definition) is 1. The molecule has 2 nitrogen and oxygen atoms in total. The number of nitrogens with one attached hydrogen (secondary N) is 1. The van der Waals surface area contributed by atoms with Crippen molar-refractivity contribution >= 4 is 41.4 Å². The lowest BCUT2D eigenvalue weighted by Gasteiger charge is -2.22. The van der Waals surface area contributed by atoms with E-state index in [4.69, 9.17) is 28.2 Å². The first-order chi connectivity index (χ1) is 11.2. The van der Waals surface area contributed by atoms with Crippen LogP contribution in [0.25, 0.3) is 0 Å². The highest BCUT2D eigenvalue weighted by Gasteiger charge is 2.16. The molecule has 0 spiro atoms. The van der Waals surface area contributed by atoms with Crippen molar-refractivity contribution in [1.82, 2.24) is 5.32 Å². The topological polar surface area (TPSA) is 24.4 Å². The van der Waals surface area contributed by atoms with Gasteiger partial charge in [0, 0.05) is 23.0 Å². The zero-order valence-electron chi connectivity index (χ0n) is 13.3. The molecule has 0 amide bonds. The quantitative estimate of drug-likeness (QED) is 0.683. The number of halogens is 3. The Hall–Kier alpha value is -1.22. The van der Waals surface area contributed by atoms with Gasteiger partial charge in [0.2, 0.25) is 0 Å². The van der Waals surface area contributed by atoms with Crippen molar-refractivity contribution in [2.24, 2.45) is 4.99 Å². The van der Waals surface area contributed by atoms with Crippen molar-refractivity contribution in [2.45, 2.75) is 31.7 Å². The van der Waals surface area contributed by atoms with Crippen LogP contribution < -0.4 is 5.32 Å². The smallest absolute Gasteiger partial charge is 0.0970 e. The van der Waals surface area contributed by atoms with Crippen molar-refractivity contribution in [3.63, 3.8) is 0 Å². The molecular weight excluding hydrogens is 363 g/mol. The van der Waals surface area contributed by atoms with Gasteiger partial charge in [0.1, 0.15) is 0 Å². The molecule has 3 rings (SSSR count). The third-order valence-corrected chi connectivity index (χ3v) is 4.60. The second kappa shape index (κ2) is 9.31. The van der Waals surface area contributed by atoms with Crippen LogP contribution in [0.4, 0.5) is 0 Å². The molecule has 5 heteroatoms. The van der Waals surface area contributed by atoms with Gasteiger partial charge in [0.05, 0.1) is 11.9 Å². The Morgan fingerprint density at radius 2 is 1.33 bits per heavy atom. The van der Waals surface area contributed by atoms with E-state index in [2.05, 4.69) is 29.6 Å². The minimum atomic E-state index is 0. The fraction of sp³-hybridized carbons (Fsp3) is 0.316. The largest absolute Gasteiger partial charge is 0.363 e. The average Bonchev–Trinajstić information content (AvgIpc) is 2.83. The predicted octanol–water partition coefficient (Wildman–Crippen LogP) is 6.07. The molecule has 0 fully saturated rings. The normalized spacial score (nSPS) is 14.5. The first-order valence-corrected chi connectivity index (χ1v) is 8.79. The summed E-state index contributed by atoms with van der Waals surface area (Å²) in [4.78, 5) is 4.70. The molecule has 0 bridgehead atoms. The van der Waals surface area contributed by atoms with Crippen molar-refractivity contribution in [1.29, 1.82) is 0 Å². The molecule has 1 aliphatic heterocycles. The molecule has 1 heterocycles. The molecule has 2 aromatic carbocycles. The summed E-state index contributed by atoms with van der Waals surface area (Å²) < 4.78 is 0. The molecule has 0 unspecified atom stereocenters. The van der Waals surface area contributed by atoms with E-state index in [1.165, 1.54) is 30.4 Å². The Kier molecular flexibility index (Phi) is 7.41. The summed E-state index contributed by atoms with van der Waals surface area (Å²) in [6.45, 7) is 0.913. The number of aliphatic imine (C=N–C) groups is 1. The number of benzene rings is 2. The van der Waals surface area contributed by atoms with Gasteiger partial charge in [0.15, 0.2) is 0 Å². The minimum Gasteiger partial charge on any atom is -0.363 e. The molecule has 128 valence electrons. The zero-order valence-corrected chi connectivity index (χ0v) is 15.7. The highest BCUT2D eigenvalue weighted by molar-refractivity contribution is 6.30. The maximum atomic E-state index is 6.04. The van der Waals surface area contributed by atoms with Gasteiger partial charge in [-0.1, -0.05) is 53.9 Å². The molecule has 2 aromatic rings. The lowest BCUT2D eigenvalue weighted by atomic mass is 9.98. The molecule has 0 atom stereocenters. The molecule has 1 N–H and O–H groups in total. The zero-order chi connectivity index (χ0) is 16.1. The van der Waals surface area contributed by atoms with Gasteiger partial charge in [0.25, 0.3) is 0 Å². The molecule has 0 aliphatic carbocycles. The third-order valence-electron chi connectivity index (χ3n) is 4.09. The maximum absolute atomic E-state index is 6.04. The number of rotatable bonds is 3. The molecule has 0 saturated heterocycles. The van der Waals surface area contributed by atoms with Crippen LogP contribution in [0.2, 0.25) is 10.0 Å². The van der Waals surface area contributed by atoms with Gasteiger partial charge in [-0.15, -0.1) is 12.4 Å². The van der Waals surface area contributed by atoms with Gasteiger partial charge in [-0.25, -0.2) is 0 Å². The van der Waals surface area contributed by atoms with E-state index in [-0.39, 0.29) is 18.4 Å². The third kappa shape index (κ3) is 5.14. The summed E-state index contributed by atoms with van der Waals surface area (Å²) in [6.07, 6.45) is 4.64. The van der Waals surface area contributed by atoms with E-state index in [0.29, 0.717) is 0 Å². The summed E-state index contributed by atoms with van der Waals surface area (Å²) in [5, 5.41) is 5.12. The highest BCUT2D eigenvalue weighted by Crippen LogP contribution is 2.25. The number of hydrogen-bond acceptors (Lipinski definition) is 2. The molecule has 24 heavy (non-hydrogen) atoms. The minimum absolute atomic E-state index is 0. The van der Waals surface area contributed by atoms with Crippen molar-refractivity contribution in [2.75, 3.05) is 6.54 Å². The summed E-state index contributed by atoms with van der Waals surface area (Å²) >= 11 is 12.1. The van der Waals surface area contributed by atoms with Crippen LogP contribution in [0.1, 0.15) is 42.9 Å². The van der Waals surface area contributed by atoms with Crippen molar-refractivity contribution in [3.8, 4) is 0 Å². The highest BCUT2D eigenvalue weighted by atomic mass is 35.5. The lowest BCUT2D eigenvalue weighted by molar-refractivity contribution is 0.717. The second-order valence-electron chi connectivity index (χ2n) is 5.82. The molecular formula is C19H21Cl3N2. The summed E-state index contributed by atoms with van der Waals surface area (Å²) in [6, 6.07) is 16.0. The van der Waals surface area contributed by atoms with Crippen molar-refractivity contribution in [3.05, 3.63) is 69.7 Å². The summed E-state index contributed by atoms with van der Waals surface area (Å²) in [7, 11) is 0. The van der Waals surface area contributed by atoms with Gasteiger partial charge in [-0.05, 0) is 48.2 Å². The van der Waals surface area contributed by atoms with Crippen LogP contribution in [0.3, 0.4) is 0 Å². The van der Waals surface area contributed by atoms with Crippen LogP contribution in [0.5, 0.6) is 0 Å². The van der Waals surface area contributed by atoms with Crippen LogP contribution in [0.15, 0.2) is 53.5 Å². The first-order valence-electron chi connectivity index (χ1n) is 8.03. The van der Waals surface area contributed by atoms with Gasteiger partial charge in [-0.2, -0.15) is 0 Å². The van der Waals surface area contributed by atoms with Crippen LogP contribution in [0, 0.1) is 0 Å². The maximum Gasteiger partial charge on any atom is 0.0970 e. The van der Waals surface area contributed by atoms with Crippen LogP contribution in [-0.4, -0.2) is 12.4 Å². The SMILES string of the molecule is Cl.Clc1ccc(C(NC2=NCCCCC2)c2ccc(Cl)cc2)cc1. The van der Waals surface area contributed by atoms with E-state index in [9.17, 15) is 0 Å². The molecule has 0 saturated carbocycles. The van der Waals surface area contributed by atoms with E-state index in [1.54, 1.807) is 0 Å². The van der Waals surface area contributed by atoms with E-state index < -0.39 is 0 Å². The number of nitrogens with zero attached hydrogens (tertiary/aromatic N) is 1.